The number of hydrogen-bond donors (Lipinski definition) is 1. The van der Waals surface area contributed by atoms with Crippen LogP contribution < -0.4 is 10.2 Å². The van der Waals surface area contributed by atoms with E-state index in [2.05, 4.69) is 5.32 Å². The average molecular weight is 237 g/mol. The second kappa shape index (κ2) is 6.20. The number of aryl methyl sites for hydroxylation is 1. The molecule has 0 fully saturated rings. The van der Waals surface area contributed by atoms with Gasteiger partial charge in [-0.25, -0.2) is 0 Å². The first-order valence-electron chi connectivity index (χ1n) is 5.67. The number of nitro benzene ring substituents is 1. The van der Waals surface area contributed by atoms with E-state index in [-0.39, 0.29) is 10.6 Å². The fourth-order valence-corrected chi connectivity index (χ4v) is 1.89. The highest BCUT2D eigenvalue weighted by Gasteiger charge is 2.18. The first-order chi connectivity index (χ1) is 8.07. The number of nitro groups is 1. The van der Waals surface area contributed by atoms with Crippen molar-refractivity contribution in [3.05, 3.63) is 33.9 Å². The molecule has 0 unspecified atom stereocenters. The van der Waals surface area contributed by atoms with Crippen LogP contribution in [-0.2, 0) is 0 Å². The van der Waals surface area contributed by atoms with Gasteiger partial charge in [-0.2, -0.15) is 0 Å². The van der Waals surface area contributed by atoms with Gasteiger partial charge in [0.2, 0.25) is 0 Å². The first kappa shape index (κ1) is 13.4. The topological polar surface area (TPSA) is 58.4 Å². The van der Waals surface area contributed by atoms with Gasteiger partial charge in [-0.15, -0.1) is 0 Å². The van der Waals surface area contributed by atoms with Crippen LogP contribution in [0.25, 0.3) is 0 Å². The second-order valence-corrected chi connectivity index (χ2v) is 4.08. The van der Waals surface area contributed by atoms with Gasteiger partial charge < -0.3 is 10.2 Å². The Morgan fingerprint density at radius 2 is 2.18 bits per heavy atom. The van der Waals surface area contributed by atoms with Crippen LogP contribution in [0.3, 0.4) is 0 Å². The molecule has 5 heteroatoms. The van der Waals surface area contributed by atoms with Crippen molar-refractivity contribution in [2.75, 3.05) is 32.1 Å². The molecule has 17 heavy (non-hydrogen) atoms. The molecular weight excluding hydrogens is 218 g/mol. The first-order valence-corrected chi connectivity index (χ1v) is 5.67. The SMILES string of the molecule is CNCCCN(C)c1c(C)cccc1[N+](=O)[O-]. The van der Waals surface area contributed by atoms with Gasteiger partial charge in [0.25, 0.3) is 5.69 Å². The summed E-state index contributed by atoms with van der Waals surface area (Å²) in [4.78, 5) is 12.6. The Bertz CT molecular complexity index is 393. The molecule has 0 aromatic heterocycles. The smallest absolute Gasteiger partial charge is 0.292 e. The third-order valence-electron chi connectivity index (χ3n) is 2.72. The van der Waals surface area contributed by atoms with Crippen LogP contribution in [0, 0.1) is 17.0 Å². The van der Waals surface area contributed by atoms with Gasteiger partial charge in [0.1, 0.15) is 5.69 Å². The highest BCUT2D eigenvalue weighted by atomic mass is 16.6. The summed E-state index contributed by atoms with van der Waals surface area (Å²) < 4.78 is 0. The molecule has 1 rings (SSSR count). The van der Waals surface area contributed by atoms with E-state index in [1.807, 2.05) is 32.0 Å². The lowest BCUT2D eigenvalue weighted by Gasteiger charge is -2.21. The summed E-state index contributed by atoms with van der Waals surface area (Å²) in [7, 11) is 3.79. The maximum absolute atomic E-state index is 11.0. The lowest BCUT2D eigenvalue weighted by atomic mass is 10.1. The molecule has 0 saturated carbocycles. The highest BCUT2D eigenvalue weighted by Crippen LogP contribution is 2.30. The molecular formula is C12H19N3O2. The number of nitrogens with one attached hydrogen (secondary N) is 1. The van der Waals surface area contributed by atoms with Gasteiger partial charge in [0, 0.05) is 19.7 Å². The van der Waals surface area contributed by atoms with Crippen LogP contribution in [0.2, 0.25) is 0 Å². The number of anilines is 1. The van der Waals surface area contributed by atoms with Crippen LogP contribution in [0.5, 0.6) is 0 Å². The summed E-state index contributed by atoms with van der Waals surface area (Å²) in [5, 5.41) is 14.0. The average Bonchev–Trinajstić information content (AvgIpc) is 2.28. The van der Waals surface area contributed by atoms with E-state index in [9.17, 15) is 10.1 Å². The zero-order valence-corrected chi connectivity index (χ0v) is 10.6. The Morgan fingerprint density at radius 3 is 2.76 bits per heavy atom. The lowest BCUT2D eigenvalue weighted by molar-refractivity contribution is -0.384. The van der Waals surface area contributed by atoms with Crippen LogP contribution in [0.4, 0.5) is 11.4 Å². The van der Waals surface area contributed by atoms with E-state index in [1.54, 1.807) is 12.1 Å². The fraction of sp³-hybridized carbons (Fsp3) is 0.500. The predicted octanol–water partition coefficient (Wildman–Crippen LogP) is 1.95. The summed E-state index contributed by atoms with van der Waals surface area (Å²) in [6.45, 7) is 3.60. The molecule has 1 aromatic carbocycles. The monoisotopic (exact) mass is 237 g/mol. The molecule has 0 radical (unpaired) electrons. The molecule has 0 aliphatic carbocycles. The fourth-order valence-electron chi connectivity index (χ4n) is 1.89. The van der Waals surface area contributed by atoms with E-state index in [0.29, 0.717) is 5.69 Å². The zero-order valence-electron chi connectivity index (χ0n) is 10.6. The van der Waals surface area contributed by atoms with Crippen LogP contribution >= 0.6 is 0 Å². The van der Waals surface area contributed by atoms with E-state index >= 15 is 0 Å². The van der Waals surface area contributed by atoms with Gasteiger partial charge >= 0.3 is 0 Å². The normalized spacial score (nSPS) is 10.3. The molecule has 1 N–H and O–H groups in total. The minimum Gasteiger partial charge on any atom is -0.369 e. The van der Waals surface area contributed by atoms with Crippen molar-refractivity contribution >= 4 is 11.4 Å². The number of rotatable bonds is 6. The molecule has 0 atom stereocenters. The summed E-state index contributed by atoms with van der Waals surface area (Å²) in [5.41, 5.74) is 1.83. The van der Waals surface area contributed by atoms with E-state index in [4.69, 9.17) is 0 Å². The Morgan fingerprint density at radius 1 is 1.47 bits per heavy atom. The Hall–Kier alpha value is -1.62. The molecule has 0 amide bonds. The van der Waals surface area contributed by atoms with Crippen molar-refractivity contribution < 1.29 is 4.92 Å². The summed E-state index contributed by atoms with van der Waals surface area (Å²) in [6, 6.07) is 5.17. The van der Waals surface area contributed by atoms with E-state index in [0.717, 1.165) is 25.1 Å². The number of nitrogens with zero attached hydrogens (tertiary/aromatic N) is 2. The minimum atomic E-state index is -0.323. The van der Waals surface area contributed by atoms with Crippen molar-refractivity contribution in [3.8, 4) is 0 Å². The van der Waals surface area contributed by atoms with Crippen LogP contribution in [-0.4, -0.2) is 32.1 Å². The lowest BCUT2D eigenvalue weighted by Crippen LogP contribution is -2.23. The van der Waals surface area contributed by atoms with Gasteiger partial charge in [-0.1, -0.05) is 12.1 Å². The van der Waals surface area contributed by atoms with Crippen LogP contribution in [0.1, 0.15) is 12.0 Å². The van der Waals surface area contributed by atoms with Gasteiger partial charge in [0.15, 0.2) is 0 Å². The van der Waals surface area contributed by atoms with Crippen LogP contribution in [0.15, 0.2) is 18.2 Å². The predicted molar refractivity (Wildman–Crippen MR) is 69.6 cm³/mol. The van der Waals surface area contributed by atoms with Crippen molar-refractivity contribution in [1.82, 2.24) is 5.32 Å². The molecule has 0 spiro atoms. The molecule has 0 aliphatic heterocycles. The highest BCUT2D eigenvalue weighted by molar-refractivity contribution is 5.67. The quantitative estimate of drug-likeness (QED) is 0.467. The maximum atomic E-state index is 11.0. The molecule has 0 saturated heterocycles. The number of para-hydroxylation sites is 1. The Kier molecular flexibility index (Phi) is 4.90. The zero-order chi connectivity index (χ0) is 12.8. The summed E-state index contributed by atoms with van der Waals surface area (Å²) in [5.74, 6) is 0. The largest absolute Gasteiger partial charge is 0.369 e. The second-order valence-electron chi connectivity index (χ2n) is 4.08. The molecule has 94 valence electrons. The molecule has 1 aromatic rings. The number of hydrogen-bond acceptors (Lipinski definition) is 4. The maximum Gasteiger partial charge on any atom is 0.292 e. The van der Waals surface area contributed by atoms with E-state index in [1.165, 1.54) is 0 Å². The van der Waals surface area contributed by atoms with Crippen molar-refractivity contribution in [2.24, 2.45) is 0 Å². The van der Waals surface area contributed by atoms with Gasteiger partial charge in [0.05, 0.1) is 4.92 Å². The molecule has 5 nitrogen and oxygen atoms in total. The number of benzene rings is 1. The van der Waals surface area contributed by atoms with Gasteiger partial charge in [-0.3, -0.25) is 10.1 Å². The molecule has 0 heterocycles. The Balaban J connectivity index is 2.90. The standard InChI is InChI=1S/C12H19N3O2/c1-10-6-4-7-11(15(16)17)12(10)14(3)9-5-8-13-2/h4,6-7,13H,5,8-9H2,1-3H3. The van der Waals surface area contributed by atoms with Crippen molar-refractivity contribution in [3.63, 3.8) is 0 Å². The van der Waals surface area contributed by atoms with Crippen molar-refractivity contribution in [1.29, 1.82) is 0 Å². The summed E-state index contributed by atoms with van der Waals surface area (Å²) >= 11 is 0. The van der Waals surface area contributed by atoms with Gasteiger partial charge in [-0.05, 0) is 32.5 Å². The Labute approximate surface area is 102 Å². The summed E-state index contributed by atoms with van der Waals surface area (Å²) in [6.07, 6.45) is 0.957. The van der Waals surface area contributed by atoms with Crippen molar-refractivity contribution in [2.45, 2.75) is 13.3 Å². The van der Waals surface area contributed by atoms with E-state index < -0.39 is 0 Å². The third kappa shape index (κ3) is 3.42. The minimum absolute atomic E-state index is 0.178. The molecule has 0 aliphatic rings. The molecule has 0 bridgehead atoms. The third-order valence-corrected chi connectivity index (χ3v) is 2.72.